The van der Waals surface area contributed by atoms with Crippen molar-refractivity contribution < 1.29 is 28.3 Å². The molecule has 34 heavy (non-hydrogen) atoms. The van der Waals surface area contributed by atoms with E-state index in [9.17, 15) is 23.6 Å². The molecule has 1 heterocycles. The SMILES string of the molecule is NC(=O)[C@H](C[C@@H]1CCNC1=O)NC(=O)/C(=C/C1CCCCC1)NC(=O)COc1ccc(F)cc1. The Morgan fingerprint density at radius 2 is 1.85 bits per heavy atom. The summed E-state index contributed by atoms with van der Waals surface area (Å²) in [6, 6.07) is 4.16. The Bertz CT molecular complexity index is 928. The van der Waals surface area contributed by atoms with Gasteiger partial charge in [-0.15, -0.1) is 0 Å². The largest absolute Gasteiger partial charge is 0.484 e. The quantitative estimate of drug-likeness (QED) is 0.378. The van der Waals surface area contributed by atoms with Crippen LogP contribution in [0, 0.1) is 17.7 Å². The highest BCUT2D eigenvalue weighted by Gasteiger charge is 2.31. The van der Waals surface area contributed by atoms with Crippen LogP contribution in [0.3, 0.4) is 0 Å². The molecule has 2 aliphatic rings. The van der Waals surface area contributed by atoms with Gasteiger partial charge in [0.15, 0.2) is 6.61 Å². The number of nitrogens with two attached hydrogens (primary N) is 1. The topological polar surface area (TPSA) is 140 Å². The van der Waals surface area contributed by atoms with Gasteiger partial charge < -0.3 is 26.4 Å². The first-order chi connectivity index (χ1) is 16.3. The van der Waals surface area contributed by atoms with Gasteiger partial charge in [0, 0.05) is 12.5 Å². The lowest BCUT2D eigenvalue weighted by Gasteiger charge is -2.22. The van der Waals surface area contributed by atoms with Crippen LogP contribution >= 0.6 is 0 Å². The maximum Gasteiger partial charge on any atom is 0.268 e. The van der Waals surface area contributed by atoms with Gasteiger partial charge in [-0.25, -0.2) is 4.39 Å². The lowest BCUT2D eigenvalue weighted by atomic mass is 9.88. The van der Waals surface area contributed by atoms with E-state index in [2.05, 4.69) is 16.0 Å². The molecule has 1 aromatic rings. The third kappa shape index (κ3) is 7.57. The fourth-order valence-electron chi connectivity index (χ4n) is 4.21. The van der Waals surface area contributed by atoms with Crippen LogP contribution in [-0.4, -0.2) is 42.8 Å². The van der Waals surface area contributed by atoms with Gasteiger partial charge in [0.1, 0.15) is 23.3 Å². The highest BCUT2D eigenvalue weighted by atomic mass is 19.1. The third-order valence-corrected chi connectivity index (χ3v) is 6.09. The van der Waals surface area contributed by atoms with Crippen molar-refractivity contribution in [2.45, 2.75) is 51.0 Å². The second kappa shape index (κ2) is 12.2. The number of carbonyl (C=O) groups is 4. The zero-order chi connectivity index (χ0) is 24.5. The van der Waals surface area contributed by atoms with E-state index in [1.54, 1.807) is 6.08 Å². The molecule has 0 radical (unpaired) electrons. The minimum Gasteiger partial charge on any atom is -0.484 e. The van der Waals surface area contributed by atoms with Gasteiger partial charge in [-0.1, -0.05) is 25.3 Å². The number of benzene rings is 1. The fraction of sp³-hybridized carbons (Fsp3) is 0.500. The van der Waals surface area contributed by atoms with Gasteiger partial charge in [0.25, 0.3) is 11.8 Å². The first-order valence-electron chi connectivity index (χ1n) is 11.6. The summed E-state index contributed by atoms with van der Waals surface area (Å²) in [5, 5.41) is 7.85. The minimum absolute atomic E-state index is 0.0155. The monoisotopic (exact) mass is 474 g/mol. The second-order valence-electron chi connectivity index (χ2n) is 8.71. The van der Waals surface area contributed by atoms with E-state index >= 15 is 0 Å². The van der Waals surface area contributed by atoms with Crippen molar-refractivity contribution in [3.63, 3.8) is 0 Å². The van der Waals surface area contributed by atoms with Crippen LogP contribution in [-0.2, 0) is 19.2 Å². The predicted molar refractivity (Wildman–Crippen MR) is 122 cm³/mol. The number of hydrogen-bond donors (Lipinski definition) is 4. The van der Waals surface area contributed by atoms with Crippen LogP contribution in [0.1, 0.15) is 44.9 Å². The number of halogens is 1. The molecule has 9 nitrogen and oxygen atoms in total. The van der Waals surface area contributed by atoms with Crippen LogP contribution in [0.5, 0.6) is 5.75 Å². The molecule has 1 aliphatic carbocycles. The van der Waals surface area contributed by atoms with E-state index in [0.29, 0.717) is 18.7 Å². The first kappa shape index (κ1) is 25.2. The smallest absolute Gasteiger partial charge is 0.268 e. The van der Waals surface area contributed by atoms with E-state index in [-0.39, 0.29) is 30.5 Å². The molecule has 0 unspecified atom stereocenters. The standard InChI is InChI=1S/C24H31FN4O5/c25-17-6-8-18(9-7-17)34-14-21(30)28-20(12-15-4-2-1-3-5-15)24(33)29-19(22(26)31)13-16-10-11-27-23(16)32/h6-9,12,15-16,19H,1-5,10-11,13-14H2,(H2,26,31)(H,27,32)(H,28,30)(H,29,33)/b20-12-/t16-,19-/m0/s1. The maximum absolute atomic E-state index is 13.0. The summed E-state index contributed by atoms with van der Waals surface area (Å²) >= 11 is 0. The molecular weight excluding hydrogens is 443 g/mol. The summed E-state index contributed by atoms with van der Waals surface area (Å²) < 4.78 is 18.4. The number of primary amides is 1. The molecule has 1 saturated heterocycles. The average molecular weight is 475 g/mol. The zero-order valence-electron chi connectivity index (χ0n) is 19.0. The van der Waals surface area contributed by atoms with Gasteiger partial charge in [-0.2, -0.15) is 0 Å². The average Bonchev–Trinajstić information content (AvgIpc) is 3.22. The van der Waals surface area contributed by atoms with Crippen molar-refractivity contribution >= 4 is 23.6 Å². The maximum atomic E-state index is 13.0. The lowest BCUT2D eigenvalue weighted by Crippen LogP contribution is -2.48. The van der Waals surface area contributed by atoms with Crippen LogP contribution < -0.4 is 26.4 Å². The van der Waals surface area contributed by atoms with Crippen LogP contribution in [0.15, 0.2) is 36.0 Å². The van der Waals surface area contributed by atoms with Gasteiger partial charge >= 0.3 is 0 Å². The zero-order valence-corrected chi connectivity index (χ0v) is 19.0. The molecule has 10 heteroatoms. The molecule has 1 aliphatic heterocycles. The number of hydrogen-bond acceptors (Lipinski definition) is 5. The Balaban J connectivity index is 1.66. The minimum atomic E-state index is -1.05. The molecule has 1 saturated carbocycles. The molecule has 2 atom stereocenters. The number of allylic oxidation sites excluding steroid dienone is 1. The van der Waals surface area contributed by atoms with Crippen molar-refractivity contribution in [1.82, 2.24) is 16.0 Å². The van der Waals surface area contributed by atoms with Crippen LogP contribution in [0.4, 0.5) is 4.39 Å². The van der Waals surface area contributed by atoms with Crippen molar-refractivity contribution in [2.24, 2.45) is 17.6 Å². The number of rotatable bonds is 10. The Kier molecular flexibility index (Phi) is 9.00. The lowest BCUT2D eigenvalue weighted by molar-refractivity contribution is -0.128. The van der Waals surface area contributed by atoms with E-state index < -0.39 is 35.5 Å². The molecule has 4 amide bonds. The molecule has 1 aromatic carbocycles. The molecule has 2 fully saturated rings. The van der Waals surface area contributed by atoms with E-state index in [0.717, 1.165) is 32.1 Å². The van der Waals surface area contributed by atoms with Gasteiger partial charge in [0.2, 0.25) is 11.8 Å². The normalized spacial score (nSPS) is 19.7. The number of amides is 4. The Labute approximate surface area is 197 Å². The highest BCUT2D eigenvalue weighted by molar-refractivity contribution is 6.00. The summed E-state index contributed by atoms with van der Waals surface area (Å²) in [7, 11) is 0. The summed E-state index contributed by atoms with van der Waals surface area (Å²) in [4.78, 5) is 49.4. The predicted octanol–water partition coefficient (Wildman–Crippen LogP) is 1.28. The van der Waals surface area contributed by atoms with Crippen LogP contribution in [0.25, 0.3) is 0 Å². The van der Waals surface area contributed by atoms with Gasteiger partial charge in [0.05, 0.1) is 0 Å². The molecular formula is C24H31FN4O5. The van der Waals surface area contributed by atoms with E-state index in [1.165, 1.54) is 24.3 Å². The van der Waals surface area contributed by atoms with Crippen molar-refractivity contribution in [3.05, 3.63) is 41.9 Å². The van der Waals surface area contributed by atoms with Crippen molar-refractivity contribution in [3.8, 4) is 5.75 Å². The molecule has 0 spiro atoms. The van der Waals surface area contributed by atoms with Crippen LogP contribution in [0.2, 0.25) is 0 Å². The van der Waals surface area contributed by atoms with Crippen molar-refractivity contribution in [2.75, 3.05) is 13.2 Å². The number of ether oxygens (including phenoxy) is 1. The van der Waals surface area contributed by atoms with Gasteiger partial charge in [-0.3, -0.25) is 19.2 Å². The molecule has 184 valence electrons. The third-order valence-electron chi connectivity index (χ3n) is 6.09. The second-order valence-corrected chi connectivity index (χ2v) is 8.71. The van der Waals surface area contributed by atoms with Gasteiger partial charge in [-0.05, 0) is 55.9 Å². The summed E-state index contributed by atoms with van der Waals surface area (Å²) in [6.45, 7) is 0.127. The molecule has 3 rings (SSSR count). The van der Waals surface area contributed by atoms with E-state index in [4.69, 9.17) is 10.5 Å². The molecule has 0 aromatic heterocycles. The summed E-state index contributed by atoms with van der Waals surface area (Å²) in [6.07, 6.45) is 7.31. The van der Waals surface area contributed by atoms with Crippen molar-refractivity contribution in [1.29, 1.82) is 0 Å². The molecule has 5 N–H and O–H groups in total. The number of carbonyl (C=O) groups excluding carboxylic acids is 4. The number of nitrogens with one attached hydrogen (secondary N) is 3. The Hall–Kier alpha value is -3.43. The fourth-order valence-corrected chi connectivity index (χ4v) is 4.21. The Morgan fingerprint density at radius 1 is 1.15 bits per heavy atom. The first-order valence-corrected chi connectivity index (χ1v) is 11.6. The molecule has 0 bridgehead atoms. The van der Waals surface area contributed by atoms with E-state index in [1.807, 2.05) is 0 Å². The Morgan fingerprint density at radius 3 is 2.47 bits per heavy atom. The summed E-state index contributed by atoms with van der Waals surface area (Å²) in [5.74, 6) is -2.58. The highest BCUT2D eigenvalue weighted by Crippen LogP contribution is 2.25. The summed E-state index contributed by atoms with van der Waals surface area (Å²) in [5.41, 5.74) is 5.49.